The van der Waals surface area contributed by atoms with E-state index in [4.69, 9.17) is 4.98 Å². The second-order valence-electron chi connectivity index (χ2n) is 8.95. The maximum absolute atomic E-state index is 12.2. The molecule has 0 aliphatic heterocycles. The Labute approximate surface area is 199 Å². The second-order valence-corrected chi connectivity index (χ2v) is 8.95. The number of nitrogens with one attached hydrogen (secondary N) is 1. The normalized spacial score (nSPS) is 11.2. The number of hydrogen-bond donors (Lipinski definition) is 1. The molecule has 5 heteroatoms. The molecule has 0 radical (unpaired) electrons. The van der Waals surface area contributed by atoms with Crippen LogP contribution in [0.5, 0.6) is 0 Å². The molecule has 2 heterocycles. The molecule has 3 rings (SSSR count). The van der Waals surface area contributed by atoms with E-state index in [9.17, 15) is 4.79 Å². The minimum absolute atomic E-state index is 0.0676. The number of nitrogens with zero attached hydrogens (tertiary/aromatic N) is 3. The van der Waals surface area contributed by atoms with Gasteiger partial charge >= 0.3 is 0 Å². The highest BCUT2D eigenvalue weighted by molar-refractivity contribution is 5.93. The Kier molecular flexibility index (Phi) is 10.9. The van der Waals surface area contributed by atoms with Crippen molar-refractivity contribution in [3.63, 3.8) is 0 Å². The van der Waals surface area contributed by atoms with Gasteiger partial charge in [0.2, 0.25) is 0 Å². The largest absolute Gasteiger partial charge is 0.352 e. The highest BCUT2D eigenvalue weighted by Gasteiger charge is 2.11. The number of imidazole rings is 1. The Morgan fingerprint density at radius 3 is 2.33 bits per heavy atom. The molecule has 1 amide bonds. The highest BCUT2D eigenvalue weighted by Crippen LogP contribution is 2.19. The number of benzene rings is 1. The molecule has 33 heavy (non-hydrogen) atoms. The fourth-order valence-electron chi connectivity index (χ4n) is 4.37. The summed E-state index contributed by atoms with van der Waals surface area (Å²) in [5.74, 6) is 1.06. The quantitative estimate of drug-likeness (QED) is 0.248. The molecular weight excluding hydrogens is 408 g/mol. The van der Waals surface area contributed by atoms with Gasteiger partial charge in [-0.15, -0.1) is 0 Å². The van der Waals surface area contributed by atoms with Crippen molar-refractivity contribution in [1.29, 1.82) is 0 Å². The van der Waals surface area contributed by atoms with E-state index in [0.717, 1.165) is 30.7 Å². The van der Waals surface area contributed by atoms with Crippen molar-refractivity contribution >= 4 is 16.9 Å². The lowest BCUT2D eigenvalue weighted by molar-refractivity contribution is 0.0952. The maximum Gasteiger partial charge on any atom is 0.252 e. The number of rotatable bonds is 16. The third kappa shape index (κ3) is 8.30. The molecular formula is C28H40N4O. The van der Waals surface area contributed by atoms with Crippen LogP contribution < -0.4 is 5.32 Å². The van der Waals surface area contributed by atoms with Gasteiger partial charge in [0, 0.05) is 31.9 Å². The fraction of sp³-hybridized carbons (Fsp3) is 0.536. The van der Waals surface area contributed by atoms with E-state index in [1.165, 1.54) is 69.7 Å². The Morgan fingerprint density at radius 2 is 1.61 bits per heavy atom. The van der Waals surface area contributed by atoms with Crippen molar-refractivity contribution in [2.24, 2.45) is 0 Å². The second kappa shape index (κ2) is 14.5. The third-order valence-electron chi connectivity index (χ3n) is 6.26. The Bertz CT molecular complexity index is 951. The average Bonchev–Trinajstić information content (AvgIpc) is 3.20. The van der Waals surface area contributed by atoms with E-state index in [1.807, 2.05) is 0 Å². The van der Waals surface area contributed by atoms with Crippen LogP contribution in [0.15, 0.2) is 48.8 Å². The summed E-state index contributed by atoms with van der Waals surface area (Å²) in [5.41, 5.74) is 2.90. The van der Waals surface area contributed by atoms with Gasteiger partial charge in [0.05, 0.1) is 16.6 Å². The van der Waals surface area contributed by atoms with Crippen LogP contribution in [0.3, 0.4) is 0 Å². The number of aryl methyl sites for hydroxylation is 2. The van der Waals surface area contributed by atoms with Crippen molar-refractivity contribution in [3.8, 4) is 0 Å². The lowest BCUT2D eigenvalue weighted by Crippen LogP contribution is -2.25. The first-order valence-corrected chi connectivity index (χ1v) is 12.9. The molecule has 0 bridgehead atoms. The van der Waals surface area contributed by atoms with Crippen molar-refractivity contribution in [3.05, 3.63) is 60.2 Å². The highest BCUT2D eigenvalue weighted by atomic mass is 16.1. The van der Waals surface area contributed by atoms with Crippen LogP contribution >= 0.6 is 0 Å². The van der Waals surface area contributed by atoms with Gasteiger partial charge in [-0.25, -0.2) is 4.98 Å². The van der Waals surface area contributed by atoms with E-state index < -0.39 is 0 Å². The van der Waals surface area contributed by atoms with Gasteiger partial charge < -0.3 is 9.88 Å². The predicted octanol–water partition coefficient (Wildman–Crippen LogP) is 6.71. The minimum atomic E-state index is -0.0676. The van der Waals surface area contributed by atoms with Crippen LogP contribution in [0.2, 0.25) is 0 Å². The maximum atomic E-state index is 12.2. The van der Waals surface area contributed by atoms with Crippen LogP contribution in [-0.4, -0.2) is 27.0 Å². The molecule has 0 spiro atoms. The molecule has 0 saturated heterocycles. The van der Waals surface area contributed by atoms with E-state index in [1.54, 1.807) is 24.5 Å². The molecule has 3 aromatic rings. The van der Waals surface area contributed by atoms with Gasteiger partial charge in [0.25, 0.3) is 5.91 Å². The summed E-state index contributed by atoms with van der Waals surface area (Å²) in [6.07, 6.45) is 18.5. The Morgan fingerprint density at radius 1 is 0.879 bits per heavy atom. The Balaban J connectivity index is 1.42. The first-order chi connectivity index (χ1) is 16.3. The van der Waals surface area contributed by atoms with Crippen LogP contribution in [0.1, 0.15) is 93.7 Å². The molecule has 1 aromatic carbocycles. The molecule has 0 aliphatic rings. The Hall–Kier alpha value is -2.69. The van der Waals surface area contributed by atoms with E-state index >= 15 is 0 Å². The predicted molar refractivity (Wildman–Crippen MR) is 136 cm³/mol. The third-order valence-corrected chi connectivity index (χ3v) is 6.26. The molecule has 0 unspecified atom stereocenters. The molecule has 0 saturated carbocycles. The lowest BCUT2D eigenvalue weighted by Gasteiger charge is -2.10. The number of amides is 1. The van der Waals surface area contributed by atoms with Gasteiger partial charge in [-0.2, -0.15) is 0 Å². The summed E-state index contributed by atoms with van der Waals surface area (Å²) < 4.78 is 2.39. The standard InChI is InChI=1S/C28H40N4O/c1-2-3-4-5-6-7-8-9-10-13-22-32-26-18-12-11-17-25(26)31-27(32)19-15-21-30-28(33)24-16-14-20-29-23-24/h11-12,14,16-18,20,23H,2-10,13,15,19,21-22H2,1H3,(H,30,33). The van der Waals surface area contributed by atoms with Crippen LogP contribution in [0.25, 0.3) is 11.0 Å². The number of carbonyl (C=O) groups is 1. The summed E-state index contributed by atoms with van der Waals surface area (Å²) >= 11 is 0. The van der Waals surface area contributed by atoms with Gasteiger partial charge in [0.1, 0.15) is 5.82 Å². The molecule has 178 valence electrons. The topological polar surface area (TPSA) is 59.8 Å². The molecule has 0 fully saturated rings. The zero-order valence-corrected chi connectivity index (χ0v) is 20.3. The van der Waals surface area contributed by atoms with Gasteiger partial charge in [0.15, 0.2) is 0 Å². The lowest BCUT2D eigenvalue weighted by atomic mass is 10.1. The summed E-state index contributed by atoms with van der Waals surface area (Å²) in [6.45, 7) is 3.93. The number of aromatic nitrogens is 3. The number of fused-ring (bicyclic) bond motifs is 1. The van der Waals surface area contributed by atoms with Crippen molar-refractivity contribution in [2.75, 3.05) is 6.54 Å². The summed E-state index contributed by atoms with van der Waals surface area (Å²) in [4.78, 5) is 21.1. The first-order valence-electron chi connectivity index (χ1n) is 12.9. The van der Waals surface area contributed by atoms with Gasteiger partial charge in [-0.3, -0.25) is 9.78 Å². The molecule has 0 atom stereocenters. The number of para-hydroxylation sites is 2. The SMILES string of the molecule is CCCCCCCCCCCCn1c(CCCNC(=O)c2cccnc2)nc2ccccc21. The summed E-state index contributed by atoms with van der Waals surface area (Å²) in [7, 11) is 0. The minimum Gasteiger partial charge on any atom is -0.352 e. The number of unbranched alkanes of at least 4 members (excludes halogenated alkanes) is 9. The van der Waals surface area contributed by atoms with Crippen molar-refractivity contribution < 1.29 is 4.79 Å². The number of hydrogen-bond acceptors (Lipinski definition) is 3. The molecule has 5 nitrogen and oxygen atoms in total. The van der Waals surface area contributed by atoms with E-state index in [2.05, 4.69) is 46.1 Å². The van der Waals surface area contributed by atoms with Crippen LogP contribution in [0, 0.1) is 0 Å². The fourth-order valence-corrected chi connectivity index (χ4v) is 4.37. The van der Waals surface area contributed by atoms with Crippen LogP contribution in [0.4, 0.5) is 0 Å². The van der Waals surface area contributed by atoms with E-state index in [-0.39, 0.29) is 5.91 Å². The molecule has 1 N–H and O–H groups in total. The van der Waals surface area contributed by atoms with Gasteiger partial charge in [-0.05, 0) is 37.1 Å². The van der Waals surface area contributed by atoms with Gasteiger partial charge in [-0.1, -0.05) is 76.8 Å². The zero-order valence-electron chi connectivity index (χ0n) is 20.3. The zero-order chi connectivity index (χ0) is 23.1. The van der Waals surface area contributed by atoms with Crippen molar-refractivity contribution in [2.45, 2.75) is 90.5 Å². The monoisotopic (exact) mass is 448 g/mol. The van der Waals surface area contributed by atoms with Crippen molar-refractivity contribution in [1.82, 2.24) is 19.9 Å². The molecule has 2 aromatic heterocycles. The summed E-state index contributed by atoms with van der Waals surface area (Å²) in [5, 5.41) is 2.99. The first kappa shape index (κ1) is 24.9. The smallest absolute Gasteiger partial charge is 0.252 e. The van der Waals surface area contributed by atoms with E-state index in [0.29, 0.717) is 12.1 Å². The molecule has 0 aliphatic carbocycles. The number of carbonyl (C=O) groups excluding carboxylic acids is 1. The average molecular weight is 449 g/mol. The van der Waals surface area contributed by atoms with Crippen LogP contribution in [-0.2, 0) is 13.0 Å². The summed E-state index contributed by atoms with van der Waals surface area (Å²) in [6, 6.07) is 12.0. The number of pyridine rings is 1.